The minimum atomic E-state index is -0.196. The highest BCUT2D eigenvalue weighted by atomic mass is 16.5. The van der Waals surface area contributed by atoms with Gasteiger partial charge in [0.15, 0.2) is 5.96 Å². The van der Waals surface area contributed by atoms with Gasteiger partial charge < -0.3 is 25.0 Å². The lowest BCUT2D eigenvalue weighted by atomic mass is 10.1. The first-order valence-corrected chi connectivity index (χ1v) is 7.12. The summed E-state index contributed by atoms with van der Waals surface area (Å²) >= 11 is 0. The molecule has 0 fully saturated rings. The van der Waals surface area contributed by atoms with E-state index >= 15 is 0 Å². The Morgan fingerprint density at radius 2 is 1.90 bits per heavy atom. The maximum absolute atomic E-state index is 5.36. The predicted octanol–water partition coefficient (Wildman–Crippen LogP) is 0.545. The monoisotopic (exact) mass is 288 g/mol. The van der Waals surface area contributed by atoms with Crippen molar-refractivity contribution in [2.24, 2.45) is 4.99 Å². The zero-order valence-corrected chi connectivity index (χ0v) is 14.0. The highest BCUT2D eigenvalue weighted by Gasteiger charge is 2.16. The van der Waals surface area contributed by atoms with Crippen molar-refractivity contribution in [1.29, 1.82) is 0 Å². The van der Waals surface area contributed by atoms with E-state index < -0.39 is 0 Å². The van der Waals surface area contributed by atoms with E-state index in [4.69, 9.17) is 9.47 Å². The Morgan fingerprint density at radius 1 is 1.20 bits per heavy atom. The molecule has 0 aromatic carbocycles. The fourth-order valence-corrected chi connectivity index (χ4v) is 1.50. The largest absolute Gasteiger partial charge is 0.383 e. The smallest absolute Gasteiger partial charge is 0.191 e. The summed E-state index contributed by atoms with van der Waals surface area (Å²) < 4.78 is 10.4. The van der Waals surface area contributed by atoms with Gasteiger partial charge in [-0.2, -0.15) is 0 Å². The highest BCUT2D eigenvalue weighted by molar-refractivity contribution is 5.79. The van der Waals surface area contributed by atoms with E-state index in [9.17, 15) is 0 Å². The average Bonchev–Trinajstić information content (AvgIpc) is 2.44. The summed E-state index contributed by atoms with van der Waals surface area (Å²) in [6.07, 6.45) is 1.06. The molecule has 0 aromatic heterocycles. The molecule has 2 N–H and O–H groups in total. The summed E-state index contributed by atoms with van der Waals surface area (Å²) in [7, 11) is 7.33. The number of hydrogen-bond acceptors (Lipinski definition) is 4. The Hall–Kier alpha value is -0.850. The van der Waals surface area contributed by atoms with Crippen LogP contribution in [0.2, 0.25) is 0 Å². The Balaban J connectivity index is 3.76. The lowest BCUT2D eigenvalue weighted by molar-refractivity contribution is 0.0268. The summed E-state index contributed by atoms with van der Waals surface area (Å²) in [5, 5.41) is 6.57. The van der Waals surface area contributed by atoms with Crippen LogP contribution in [0.1, 0.15) is 20.3 Å². The number of ether oxygens (including phenoxy) is 2. The van der Waals surface area contributed by atoms with Crippen molar-refractivity contribution in [3.8, 4) is 0 Å². The number of likely N-dealkylation sites (N-methyl/N-ethyl adjacent to an activating group) is 1. The molecule has 0 radical (unpaired) electrons. The molecule has 0 amide bonds. The van der Waals surface area contributed by atoms with Crippen molar-refractivity contribution < 1.29 is 9.47 Å². The number of nitrogens with one attached hydrogen (secondary N) is 2. The van der Waals surface area contributed by atoms with Crippen LogP contribution in [0.3, 0.4) is 0 Å². The van der Waals surface area contributed by atoms with Gasteiger partial charge in [0.1, 0.15) is 0 Å². The van der Waals surface area contributed by atoms with Crippen LogP contribution in [0.25, 0.3) is 0 Å². The molecular weight excluding hydrogens is 256 g/mol. The van der Waals surface area contributed by atoms with Gasteiger partial charge in [0.05, 0.1) is 12.2 Å². The normalized spacial score (nSPS) is 12.8. The fourth-order valence-electron chi connectivity index (χ4n) is 1.50. The lowest BCUT2D eigenvalue weighted by Gasteiger charge is -2.24. The minimum absolute atomic E-state index is 0.196. The summed E-state index contributed by atoms with van der Waals surface area (Å²) in [6.45, 7) is 8.47. The van der Waals surface area contributed by atoms with Crippen molar-refractivity contribution in [2.75, 3.05) is 61.1 Å². The zero-order chi connectivity index (χ0) is 15.4. The van der Waals surface area contributed by atoms with E-state index in [1.165, 1.54) is 0 Å². The van der Waals surface area contributed by atoms with Crippen LogP contribution in [0.5, 0.6) is 0 Å². The topological polar surface area (TPSA) is 58.1 Å². The third-order valence-corrected chi connectivity index (χ3v) is 3.14. The highest BCUT2D eigenvalue weighted by Crippen LogP contribution is 2.04. The predicted molar refractivity (Wildman–Crippen MR) is 84.4 cm³/mol. The second-order valence-electron chi connectivity index (χ2n) is 5.47. The molecule has 20 heavy (non-hydrogen) atoms. The molecule has 0 aliphatic carbocycles. The summed E-state index contributed by atoms with van der Waals surface area (Å²) in [4.78, 5) is 6.46. The van der Waals surface area contributed by atoms with Crippen molar-refractivity contribution in [3.05, 3.63) is 0 Å². The van der Waals surface area contributed by atoms with Gasteiger partial charge in [-0.05, 0) is 33.9 Å². The second kappa shape index (κ2) is 10.9. The molecule has 0 aliphatic heterocycles. The van der Waals surface area contributed by atoms with Gasteiger partial charge in [0.25, 0.3) is 0 Å². The average molecular weight is 288 g/mol. The van der Waals surface area contributed by atoms with Gasteiger partial charge in [0.2, 0.25) is 0 Å². The van der Waals surface area contributed by atoms with Crippen molar-refractivity contribution in [1.82, 2.24) is 15.5 Å². The number of aliphatic imine (C=N–C) groups is 1. The lowest BCUT2D eigenvalue weighted by Crippen LogP contribution is -2.45. The van der Waals surface area contributed by atoms with Crippen LogP contribution in [0, 0.1) is 0 Å². The molecule has 0 saturated carbocycles. The molecule has 0 unspecified atom stereocenters. The molecule has 0 bridgehead atoms. The summed E-state index contributed by atoms with van der Waals surface area (Å²) in [6, 6.07) is 0. The Bertz CT molecular complexity index is 270. The van der Waals surface area contributed by atoms with Crippen LogP contribution in [0.15, 0.2) is 4.99 Å². The Kier molecular flexibility index (Phi) is 10.4. The van der Waals surface area contributed by atoms with Crippen molar-refractivity contribution >= 4 is 5.96 Å². The third-order valence-electron chi connectivity index (χ3n) is 3.14. The van der Waals surface area contributed by atoms with Gasteiger partial charge in [-0.15, -0.1) is 0 Å². The van der Waals surface area contributed by atoms with Gasteiger partial charge in [-0.3, -0.25) is 4.99 Å². The van der Waals surface area contributed by atoms with Gasteiger partial charge in [-0.1, -0.05) is 0 Å². The molecule has 0 saturated heterocycles. The summed E-state index contributed by atoms with van der Waals surface area (Å²) in [5.41, 5.74) is -0.196. The molecule has 6 heteroatoms. The van der Waals surface area contributed by atoms with Crippen molar-refractivity contribution in [2.45, 2.75) is 25.9 Å². The van der Waals surface area contributed by atoms with Gasteiger partial charge >= 0.3 is 0 Å². The zero-order valence-electron chi connectivity index (χ0n) is 14.0. The number of rotatable bonds is 10. The van der Waals surface area contributed by atoms with E-state index in [-0.39, 0.29) is 5.60 Å². The van der Waals surface area contributed by atoms with Crippen molar-refractivity contribution in [3.63, 3.8) is 0 Å². The summed E-state index contributed by atoms with van der Waals surface area (Å²) in [5.74, 6) is 0.815. The van der Waals surface area contributed by atoms with Gasteiger partial charge in [-0.25, -0.2) is 0 Å². The van der Waals surface area contributed by atoms with E-state index in [0.29, 0.717) is 0 Å². The first-order valence-electron chi connectivity index (χ1n) is 7.12. The number of methoxy groups -OCH3 is 2. The molecule has 0 rings (SSSR count). The Labute approximate surface area is 123 Å². The van der Waals surface area contributed by atoms with Crippen LogP contribution in [-0.2, 0) is 9.47 Å². The first kappa shape index (κ1) is 19.1. The maximum atomic E-state index is 5.36. The molecule has 6 nitrogen and oxygen atoms in total. The molecule has 0 aliphatic rings. The molecule has 0 aromatic rings. The van der Waals surface area contributed by atoms with E-state index in [1.807, 2.05) is 13.8 Å². The molecule has 0 spiro atoms. The van der Waals surface area contributed by atoms with Crippen LogP contribution < -0.4 is 10.6 Å². The second-order valence-corrected chi connectivity index (χ2v) is 5.47. The van der Waals surface area contributed by atoms with Crippen LogP contribution >= 0.6 is 0 Å². The molecule has 120 valence electrons. The first-order chi connectivity index (χ1) is 9.45. The molecule has 0 heterocycles. The quantitative estimate of drug-likeness (QED) is 0.349. The molecule has 0 atom stereocenters. The number of hydrogen-bond donors (Lipinski definition) is 2. The standard InChI is InChI=1S/C14H32N4O2/c1-14(2,20-6)12-17-13(15-3)16-8-7-9-18(4)10-11-19-5/h7-12H2,1-6H3,(H2,15,16,17). The third kappa shape index (κ3) is 10.00. The minimum Gasteiger partial charge on any atom is -0.383 e. The number of guanidine groups is 1. The van der Waals surface area contributed by atoms with Gasteiger partial charge in [0, 0.05) is 40.9 Å². The van der Waals surface area contributed by atoms with E-state index in [1.54, 1.807) is 21.3 Å². The van der Waals surface area contributed by atoms with E-state index in [0.717, 1.165) is 45.2 Å². The molecular formula is C14H32N4O2. The van der Waals surface area contributed by atoms with Crippen LogP contribution in [0.4, 0.5) is 0 Å². The van der Waals surface area contributed by atoms with E-state index in [2.05, 4.69) is 27.6 Å². The fraction of sp³-hybridized carbons (Fsp3) is 0.929. The van der Waals surface area contributed by atoms with Crippen LogP contribution in [-0.4, -0.2) is 77.6 Å². The number of nitrogens with zero attached hydrogens (tertiary/aromatic N) is 2. The SMILES string of the molecule is CN=C(NCCCN(C)CCOC)NCC(C)(C)OC. The maximum Gasteiger partial charge on any atom is 0.191 e. The Morgan fingerprint density at radius 3 is 2.45 bits per heavy atom.